The first-order valence-corrected chi connectivity index (χ1v) is 7.07. The maximum atomic E-state index is 12.2. The topological polar surface area (TPSA) is 72.5 Å². The van der Waals surface area contributed by atoms with Gasteiger partial charge in [0.15, 0.2) is 5.41 Å². The lowest BCUT2D eigenvalue weighted by atomic mass is 9.83. The molecule has 0 saturated carbocycles. The van der Waals surface area contributed by atoms with Crippen molar-refractivity contribution in [3.63, 3.8) is 0 Å². The summed E-state index contributed by atoms with van der Waals surface area (Å²) >= 11 is 0. The zero-order valence-corrected chi connectivity index (χ0v) is 12.1. The van der Waals surface area contributed by atoms with Crippen LogP contribution in [0.5, 0.6) is 0 Å². The normalized spacial score (nSPS) is 20.3. The molecule has 1 unspecified atom stereocenters. The number of carbonyl (C=O) groups is 3. The Balaban J connectivity index is 1.89. The second-order valence-electron chi connectivity index (χ2n) is 5.24. The van der Waals surface area contributed by atoms with Crippen molar-refractivity contribution in [2.24, 2.45) is 5.41 Å². The lowest BCUT2D eigenvalue weighted by Crippen LogP contribution is -2.40. The van der Waals surface area contributed by atoms with E-state index in [0.717, 1.165) is 12.0 Å². The van der Waals surface area contributed by atoms with Gasteiger partial charge in [0.05, 0.1) is 13.0 Å². The summed E-state index contributed by atoms with van der Waals surface area (Å²) in [7, 11) is 0. The standard InChI is InChI=1S/C17H17NO4/c1-2-10-17(12-14(19)18-15(17)20)16(21)22-11-6-9-13-7-4-3-5-8-13/h1,3-5,7-8H,6,9-12H2,(H,18,19,20). The number of amides is 2. The van der Waals surface area contributed by atoms with Gasteiger partial charge in [0, 0.05) is 6.42 Å². The molecule has 1 N–H and O–H groups in total. The Labute approximate surface area is 129 Å². The number of aryl methyl sites for hydroxylation is 1. The van der Waals surface area contributed by atoms with E-state index in [9.17, 15) is 14.4 Å². The van der Waals surface area contributed by atoms with E-state index in [1.807, 2.05) is 30.3 Å². The molecule has 1 heterocycles. The van der Waals surface area contributed by atoms with E-state index >= 15 is 0 Å². The second-order valence-corrected chi connectivity index (χ2v) is 5.24. The van der Waals surface area contributed by atoms with Crippen molar-refractivity contribution in [3.8, 4) is 12.3 Å². The van der Waals surface area contributed by atoms with E-state index in [1.165, 1.54) is 0 Å². The highest BCUT2D eigenvalue weighted by atomic mass is 16.5. The molecule has 1 aromatic rings. The number of hydrogen-bond donors (Lipinski definition) is 1. The van der Waals surface area contributed by atoms with Gasteiger partial charge < -0.3 is 4.74 Å². The number of nitrogens with one attached hydrogen (secondary N) is 1. The Kier molecular flexibility index (Phi) is 4.95. The molecular formula is C17H17NO4. The maximum absolute atomic E-state index is 12.2. The maximum Gasteiger partial charge on any atom is 0.323 e. The highest BCUT2D eigenvalue weighted by Gasteiger charge is 2.53. The van der Waals surface area contributed by atoms with Crippen molar-refractivity contribution >= 4 is 17.8 Å². The molecule has 0 aromatic heterocycles. The number of hydrogen-bond acceptors (Lipinski definition) is 4. The molecule has 1 saturated heterocycles. The van der Waals surface area contributed by atoms with E-state index in [0.29, 0.717) is 6.42 Å². The molecule has 5 heteroatoms. The van der Waals surface area contributed by atoms with Crippen LogP contribution in [0.25, 0.3) is 0 Å². The number of terminal acetylenes is 1. The Morgan fingerprint density at radius 3 is 2.64 bits per heavy atom. The van der Waals surface area contributed by atoms with E-state index in [2.05, 4.69) is 11.2 Å². The van der Waals surface area contributed by atoms with Crippen molar-refractivity contribution in [3.05, 3.63) is 35.9 Å². The van der Waals surface area contributed by atoms with Gasteiger partial charge >= 0.3 is 5.97 Å². The fourth-order valence-corrected chi connectivity index (χ4v) is 2.42. The summed E-state index contributed by atoms with van der Waals surface area (Å²) in [6.07, 6.45) is 6.24. The van der Waals surface area contributed by atoms with Crippen LogP contribution in [0.3, 0.4) is 0 Å². The quantitative estimate of drug-likeness (QED) is 0.282. The minimum atomic E-state index is -1.56. The summed E-state index contributed by atoms with van der Waals surface area (Å²) in [5, 5.41) is 2.12. The third-order valence-electron chi connectivity index (χ3n) is 3.63. The molecule has 1 aliphatic heterocycles. The second kappa shape index (κ2) is 6.90. The molecule has 0 bridgehead atoms. The molecule has 1 fully saturated rings. The number of esters is 1. The molecular weight excluding hydrogens is 282 g/mol. The van der Waals surface area contributed by atoms with Crippen LogP contribution in [-0.2, 0) is 25.5 Å². The van der Waals surface area contributed by atoms with Crippen LogP contribution in [0.15, 0.2) is 30.3 Å². The lowest BCUT2D eigenvalue weighted by Gasteiger charge is -2.20. The molecule has 1 atom stereocenters. The molecule has 1 aromatic carbocycles. The highest BCUT2D eigenvalue weighted by Crippen LogP contribution is 2.32. The summed E-state index contributed by atoms with van der Waals surface area (Å²) in [6, 6.07) is 9.80. The molecule has 0 radical (unpaired) electrons. The van der Waals surface area contributed by atoms with E-state index in [1.54, 1.807) is 0 Å². The zero-order valence-electron chi connectivity index (χ0n) is 12.1. The number of benzene rings is 1. The Bertz CT molecular complexity index is 617. The van der Waals surface area contributed by atoms with E-state index in [-0.39, 0.29) is 19.4 Å². The van der Waals surface area contributed by atoms with Crippen LogP contribution in [0.1, 0.15) is 24.8 Å². The molecule has 1 aliphatic rings. The first-order valence-electron chi connectivity index (χ1n) is 7.07. The molecule has 5 nitrogen and oxygen atoms in total. The average molecular weight is 299 g/mol. The zero-order chi connectivity index (χ0) is 16.0. The van der Waals surface area contributed by atoms with E-state index in [4.69, 9.17) is 11.2 Å². The van der Waals surface area contributed by atoms with Gasteiger partial charge in [-0.15, -0.1) is 12.3 Å². The smallest absolute Gasteiger partial charge is 0.323 e. The SMILES string of the molecule is C#CCC1(C(=O)OCCCc2ccccc2)CC(=O)NC1=O. The summed E-state index contributed by atoms with van der Waals surface area (Å²) in [6.45, 7) is 0.182. The van der Waals surface area contributed by atoms with Gasteiger partial charge in [-0.05, 0) is 18.4 Å². The van der Waals surface area contributed by atoms with Gasteiger partial charge in [0.25, 0.3) is 0 Å². The van der Waals surface area contributed by atoms with Crippen molar-refractivity contribution in [1.82, 2.24) is 5.32 Å². The summed E-state index contributed by atoms with van der Waals surface area (Å²) in [4.78, 5) is 35.4. The molecule has 0 aliphatic carbocycles. The van der Waals surface area contributed by atoms with Crippen molar-refractivity contribution < 1.29 is 19.1 Å². The molecule has 2 rings (SSSR count). The van der Waals surface area contributed by atoms with Gasteiger partial charge in [-0.25, -0.2) is 0 Å². The number of rotatable bonds is 6. The molecule has 0 spiro atoms. The molecule has 22 heavy (non-hydrogen) atoms. The van der Waals surface area contributed by atoms with Crippen LogP contribution >= 0.6 is 0 Å². The third-order valence-corrected chi connectivity index (χ3v) is 3.63. The Morgan fingerprint density at radius 1 is 1.32 bits per heavy atom. The average Bonchev–Trinajstić information content (AvgIpc) is 2.80. The Hall–Kier alpha value is -2.61. The summed E-state index contributed by atoms with van der Waals surface area (Å²) < 4.78 is 5.17. The summed E-state index contributed by atoms with van der Waals surface area (Å²) in [5.41, 5.74) is -0.413. The van der Waals surface area contributed by atoms with E-state index < -0.39 is 23.2 Å². The molecule has 2 amide bonds. The summed E-state index contributed by atoms with van der Waals surface area (Å²) in [5.74, 6) is 0.402. The predicted molar refractivity (Wildman–Crippen MR) is 79.4 cm³/mol. The number of ether oxygens (including phenoxy) is 1. The fraction of sp³-hybridized carbons (Fsp3) is 0.353. The first-order chi connectivity index (χ1) is 10.6. The van der Waals surface area contributed by atoms with Crippen molar-refractivity contribution in [2.45, 2.75) is 25.7 Å². The first kappa shape index (κ1) is 15.8. The highest BCUT2D eigenvalue weighted by molar-refractivity contribution is 6.16. The van der Waals surface area contributed by atoms with Crippen molar-refractivity contribution in [1.29, 1.82) is 0 Å². The predicted octanol–water partition coefficient (Wildman–Crippen LogP) is 1.22. The van der Waals surface area contributed by atoms with Crippen LogP contribution in [0.2, 0.25) is 0 Å². The molecule has 114 valence electrons. The Morgan fingerprint density at radius 2 is 2.05 bits per heavy atom. The van der Waals surface area contributed by atoms with Crippen molar-refractivity contribution in [2.75, 3.05) is 6.61 Å². The van der Waals surface area contributed by atoms with Gasteiger partial charge in [-0.3, -0.25) is 19.7 Å². The number of carbonyl (C=O) groups excluding carboxylic acids is 3. The van der Waals surface area contributed by atoms with Crippen LogP contribution in [0.4, 0.5) is 0 Å². The largest absolute Gasteiger partial charge is 0.465 e. The monoisotopic (exact) mass is 299 g/mol. The third kappa shape index (κ3) is 3.34. The van der Waals surface area contributed by atoms with Crippen LogP contribution < -0.4 is 5.32 Å². The van der Waals surface area contributed by atoms with Crippen LogP contribution in [-0.4, -0.2) is 24.4 Å². The van der Waals surface area contributed by atoms with Gasteiger partial charge in [0.1, 0.15) is 0 Å². The van der Waals surface area contributed by atoms with Gasteiger partial charge in [-0.1, -0.05) is 30.3 Å². The van der Waals surface area contributed by atoms with Crippen LogP contribution in [0, 0.1) is 17.8 Å². The van der Waals surface area contributed by atoms with Gasteiger partial charge in [-0.2, -0.15) is 0 Å². The minimum absolute atomic E-state index is 0.137. The number of imide groups is 1. The fourth-order valence-electron chi connectivity index (χ4n) is 2.42. The minimum Gasteiger partial charge on any atom is -0.465 e. The lowest BCUT2D eigenvalue weighted by molar-refractivity contribution is -0.159. The van der Waals surface area contributed by atoms with Gasteiger partial charge in [0.2, 0.25) is 11.8 Å².